The van der Waals surface area contributed by atoms with Crippen LogP contribution in [0.3, 0.4) is 0 Å². The van der Waals surface area contributed by atoms with Gasteiger partial charge >= 0.3 is 0 Å². The number of hydrogen-bond acceptors (Lipinski definition) is 11. The molecule has 1 aliphatic rings. The maximum Gasteiger partial charge on any atom is 0.248 e. The molecule has 0 unspecified atom stereocenters. The Hall–Kier alpha value is -6.32. The van der Waals surface area contributed by atoms with Gasteiger partial charge in [0.1, 0.15) is 60.4 Å². The number of amides is 10. The molecule has 1 heterocycles. The number of aliphatic hydroxyl groups is 1. The van der Waals surface area contributed by atoms with E-state index in [2.05, 4.69) is 16.0 Å². The van der Waals surface area contributed by atoms with Gasteiger partial charge in [0.2, 0.25) is 59.1 Å². The summed E-state index contributed by atoms with van der Waals surface area (Å²) in [6.07, 6.45) is -1.25. The predicted octanol–water partition coefficient (Wildman–Crippen LogP) is 3.63. The molecule has 1 aliphatic heterocycles. The Bertz CT molecular complexity index is 2620. The van der Waals surface area contributed by atoms with Gasteiger partial charge in [-0.05, 0) is 101 Å². The molecule has 0 spiro atoms. The molecule has 3 rings (SSSR count). The molecule has 1 fully saturated rings. The van der Waals surface area contributed by atoms with Gasteiger partial charge < -0.3 is 55.4 Å². The lowest BCUT2D eigenvalue weighted by molar-refractivity contribution is -0.153. The molecule has 456 valence electrons. The van der Waals surface area contributed by atoms with Crippen molar-refractivity contribution in [1.29, 1.82) is 0 Å². The maximum absolute atomic E-state index is 15.2. The minimum atomic E-state index is -1.73. The molecular weight excluding hydrogens is 1100 g/mol. The average Bonchev–Trinajstić information content (AvgIpc) is 3.59. The molecule has 0 bridgehead atoms. The van der Waals surface area contributed by atoms with Gasteiger partial charge in [0, 0.05) is 72.2 Å². The van der Waals surface area contributed by atoms with E-state index in [4.69, 9.17) is 23.2 Å². The lowest BCUT2D eigenvalue weighted by Crippen LogP contribution is -2.63. The first-order valence-electron chi connectivity index (χ1n) is 28.0. The van der Waals surface area contributed by atoms with Crippen LogP contribution in [-0.4, -0.2) is 214 Å². The first kappa shape index (κ1) is 69.9. The van der Waals surface area contributed by atoms with Crippen LogP contribution in [0.25, 0.3) is 0 Å². The number of rotatable bonds is 11. The highest BCUT2D eigenvalue weighted by Gasteiger charge is 2.44. The highest BCUT2D eigenvalue weighted by molar-refractivity contribution is 6.31. The van der Waals surface area contributed by atoms with Crippen LogP contribution in [0.15, 0.2) is 48.5 Å². The average molecular weight is 1190 g/mol. The first-order valence-corrected chi connectivity index (χ1v) is 28.8. The Labute approximate surface area is 495 Å². The highest BCUT2D eigenvalue weighted by atomic mass is 35.5. The third-order valence-electron chi connectivity index (χ3n) is 15.9. The predicted molar refractivity (Wildman–Crippen MR) is 315 cm³/mol. The highest BCUT2D eigenvalue weighted by Crippen LogP contribution is 2.24. The summed E-state index contributed by atoms with van der Waals surface area (Å²) in [6, 6.07) is 0.247. The van der Waals surface area contributed by atoms with Crippen LogP contribution < -0.4 is 16.0 Å². The summed E-state index contributed by atoms with van der Waals surface area (Å²) in [5.41, 5.74) is 1.04. The Balaban J connectivity index is 2.34. The molecule has 1 saturated heterocycles. The zero-order valence-electron chi connectivity index (χ0n) is 51.2. The lowest BCUT2D eigenvalue weighted by atomic mass is 9.94. The van der Waals surface area contributed by atoms with E-state index >= 15 is 9.59 Å². The van der Waals surface area contributed by atoms with Crippen molar-refractivity contribution in [3.8, 4) is 0 Å². The number of carbonyl (C=O) groups excluding carboxylic acids is 10. The molecule has 4 N–H and O–H groups in total. The number of nitrogens with zero attached hydrogens (tertiary/aromatic N) is 7. The second-order valence-electron chi connectivity index (χ2n) is 23.0. The summed E-state index contributed by atoms with van der Waals surface area (Å²) < 4.78 is 0. The van der Waals surface area contributed by atoms with Gasteiger partial charge in [-0.15, -0.1) is 0 Å². The largest absolute Gasteiger partial charge is 0.391 e. The van der Waals surface area contributed by atoms with E-state index in [0.717, 1.165) is 19.6 Å². The van der Waals surface area contributed by atoms with Crippen molar-refractivity contribution in [1.82, 2.24) is 50.2 Å². The second-order valence-corrected chi connectivity index (χ2v) is 23.9. The summed E-state index contributed by atoms with van der Waals surface area (Å²) in [6.45, 7) is 18.1. The lowest BCUT2D eigenvalue weighted by Gasteiger charge is -2.39. The number of likely N-dealkylation sites (N-methyl/N-ethyl adjacent to an activating group) is 7. The summed E-state index contributed by atoms with van der Waals surface area (Å²) in [7, 11) is 9.69. The molecule has 2 aromatic carbocycles. The molecule has 0 aliphatic carbocycles. The fraction of sp³-hybridized carbons (Fsp3) is 0.627. The molecule has 21 nitrogen and oxygen atoms in total. The van der Waals surface area contributed by atoms with Crippen molar-refractivity contribution < 1.29 is 53.1 Å². The van der Waals surface area contributed by atoms with Crippen LogP contribution in [0.4, 0.5) is 0 Å². The zero-order valence-corrected chi connectivity index (χ0v) is 52.7. The Morgan fingerprint density at radius 1 is 0.451 bits per heavy atom. The van der Waals surface area contributed by atoms with E-state index < -0.39 is 132 Å². The number of carbonyl (C=O) groups is 10. The third-order valence-corrected chi connectivity index (χ3v) is 16.4. The fourth-order valence-electron chi connectivity index (χ4n) is 9.79. The molecule has 0 saturated carbocycles. The van der Waals surface area contributed by atoms with E-state index in [1.165, 1.54) is 98.7 Å². The van der Waals surface area contributed by atoms with Gasteiger partial charge in [-0.2, -0.15) is 0 Å². The number of halogens is 2. The van der Waals surface area contributed by atoms with Gasteiger partial charge in [0.15, 0.2) is 0 Å². The topological polar surface area (TPSA) is 250 Å². The van der Waals surface area contributed by atoms with Crippen molar-refractivity contribution in [2.75, 3.05) is 49.3 Å². The third kappa shape index (κ3) is 17.8. The summed E-state index contributed by atoms with van der Waals surface area (Å²) in [4.78, 5) is 154. The summed E-state index contributed by atoms with van der Waals surface area (Å²) >= 11 is 12.8. The zero-order chi connectivity index (χ0) is 62.5. The molecule has 0 aromatic heterocycles. The smallest absolute Gasteiger partial charge is 0.248 e. The van der Waals surface area contributed by atoms with E-state index in [1.54, 1.807) is 55.5 Å². The van der Waals surface area contributed by atoms with Crippen LogP contribution in [0.5, 0.6) is 0 Å². The van der Waals surface area contributed by atoms with E-state index in [1.807, 2.05) is 34.6 Å². The standard InChI is InChI=1S/C59H90Cl2N10O11/c1-19-34(6)48-58(81)70(17)46(27-33(4)5)57(80)69(16)45(30-40-22-20-24-42(60)28-40)52(75)64-49(39(11)72)59(82)71(18)47(31-41-23-21-25-43(61)29-41)56(79)67(14)38(10)55(78)68(15)44(26-32(2)3)51(74)62-35(7)53(76)66(13)37(9)54(77)65(12)36(8)50(73)63-48/h20-25,28-29,32-39,44-49,72H,19,26-27,30-31H2,1-18H3,(H,62,74)(H,63,73)(H,64,75)/t34-,35-,36-,37+,38-,39+,44-,45-,46-,47-,48-,49-/m0/s1. The van der Waals surface area contributed by atoms with Gasteiger partial charge in [0.05, 0.1) is 6.10 Å². The van der Waals surface area contributed by atoms with Gasteiger partial charge in [-0.25, -0.2) is 0 Å². The van der Waals surface area contributed by atoms with Crippen LogP contribution in [-0.2, 0) is 60.8 Å². The van der Waals surface area contributed by atoms with Crippen molar-refractivity contribution in [3.05, 3.63) is 69.7 Å². The second kappa shape index (κ2) is 30.8. The molecule has 0 radical (unpaired) electrons. The normalized spacial score (nSPS) is 26.6. The van der Waals surface area contributed by atoms with E-state index in [9.17, 15) is 43.5 Å². The Morgan fingerprint density at radius 3 is 1.30 bits per heavy atom. The SMILES string of the molecule is CC[C@H](C)[C@@H]1NC(=O)[C@H](C)N(C)C(=O)[C@@H](C)N(C)C(=O)[C@H](C)NC(=O)[C@H](CC(C)C)N(C)C(=O)[C@H](C)N(C)C(=O)[C@H](Cc2cccc(Cl)c2)N(C)C(=O)[C@H]([C@@H](C)O)NC(=O)[C@H](Cc2cccc(Cl)c2)N(C)C(=O)[C@H](CC(C)C)N(C)C1=O. The van der Waals surface area contributed by atoms with Crippen LogP contribution in [0, 0.1) is 17.8 Å². The monoisotopic (exact) mass is 1180 g/mol. The molecule has 12 atom stereocenters. The first-order chi connectivity index (χ1) is 38.1. The van der Waals surface area contributed by atoms with Gasteiger partial charge in [0.25, 0.3) is 0 Å². The quantitative estimate of drug-likeness (QED) is 0.253. The minimum absolute atomic E-state index is 0.104. The van der Waals surface area contributed by atoms with Gasteiger partial charge in [-0.3, -0.25) is 47.9 Å². The van der Waals surface area contributed by atoms with Gasteiger partial charge in [-0.1, -0.05) is 95.4 Å². The Morgan fingerprint density at radius 2 is 0.829 bits per heavy atom. The fourth-order valence-corrected chi connectivity index (χ4v) is 10.2. The van der Waals surface area contributed by atoms with Crippen molar-refractivity contribution in [2.24, 2.45) is 17.8 Å². The molecule has 23 heteroatoms. The Kier molecular flexibility index (Phi) is 26.3. The van der Waals surface area contributed by atoms with Crippen LogP contribution in [0.2, 0.25) is 10.0 Å². The number of nitrogens with one attached hydrogen (secondary N) is 3. The van der Waals surface area contributed by atoms with Crippen molar-refractivity contribution in [2.45, 2.75) is 175 Å². The molecule has 82 heavy (non-hydrogen) atoms. The number of aliphatic hydroxyl groups excluding tert-OH is 1. The van der Waals surface area contributed by atoms with Crippen molar-refractivity contribution in [3.63, 3.8) is 0 Å². The van der Waals surface area contributed by atoms with Crippen molar-refractivity contribution >= 4 is 82.3 Å². The maximum atomic E-state index is 15.2. The van der Waals surface area contributed by atoms with Crippen LogP contribution in [0.1, 0.15) is 107 Å². The van der Waals surface area contributed by atoms with E-state index in [0.29, 0.717) is 27.6 Å². The summed E-state index contributed by atoms with van der Waals surface area (Å²) in [5.74, 6) is -8.00. The summed E-state index contributed by atoms with van der Waals surface area (Å²) in [5, 5.41) is 20.3. The molecule has 2 aromatic rings. The molecular formula is C59H90Cl2N10O11. The minimum Gasteiger partial charge on any atom is -0.391 e. The van der Waals surface area contributed by atoms with E-state index in [-0.39, 0.29) is 37.5 Å². The number of hydrogen-bond donors (Lipinski definition) is 4. The van der Waals surface area contributed by atoms with Crippen LogP contribution >= 0.6 is 23.2 Å². The molecule has 10 amide bonds. The number of benzene rings is 2.